The van der Waals surface area contributed by atoms with Crippen LogP contribution in [-0.4, -0.2) is 28.4 Å². The molecule has 7 nitrogen and oxygen atoms in total. The molecule has 2 aromatic carbocycles. The molecule has 0 spiro atoms. The van der Waals surface area contributed by atoms with E-state index in [4.69, 9.17) is 9.15 Å². The highest BCUT2D eigenvalue weighted by Crippen LogP contribution is 2.44. The van der Waals surface area contributed by atoms with Gasteiger partial charge in [-0.15, -0.1) is 11.3 Å². The molecule has 5 rings (SSSR count). The molecule has 1 unspecified atom stereocenters. The van der Waals surface area contributed by atoms with Crippen molar-refractivity contribution in [2.24, 2.45) is 0 Å². The fourth-order valence-corrected chi connectivity index (χ4v) is 5.01. The monoisotopic (exact) mass is 474 g/mol. The van der Waals surface area contributed by atoms with E-state index in [-0.39, 0.29) is 11.3 Å². The number of aliphatic hydroxyl groups excluding tert-OH is 1. The standard InChI is InChI=1S/C26H22N2O5S/c1-4-32-18-10-7-9-17(12-18)22-21(23(29)20-13-16-8-5-6-11-19(16)33-20)24(30)25(31)28(22)26-27-14(2)15(3)34-26/h5-13,22,30H,4H2,1-3H3. The highest BCUT2D eigenvalue weighted by Gasteiger charge is 2.46. The summed E-state index contributed by atoms with van der Waals surface area (Å²) in [4.78, 5) is 33.8. The number of hydrogen-bond acceptors (Lipinski definition) is 7. The number of rotatable bonds is 6. The Morgan fingerprint density at radius 1 is 1.18 bits per heavy atom. The topological polar surface area (TPSA) is 92.9 Å². The second-order valence-electron chi connectivity index (χ2n) is 7.96. The van der Waals surface area contributed by atoms with Crippen LogP contribution in [0.1, 0.15) is 39.7 Å². The van der Waals surface area contributed by atoms with Crippen molar-refractivity contribution in [3.63, 3.8) is 0 Å². The molecule has 1 aliphatic heterocycles. The maximum Gasteiger partial charge on any atom is 0.296 e. The van der Waals surface area contributed by atoms with Gasteiger partial charge in [-0.05, 0) is 50.6 Å². The molecule has 3 heterocycles. The van der Waals surface area contributed by atoms with Crippen LogP contribution < -0.4 is 9.64 Å². The number of carbonyl (C=O) groups excluding carboxylic acids is 2. The van der Waals surface area contributed by atoms with Gasteiger partial charge in [-0.3, -0.25) is 14.5 Å². The van der Waals surface area contributed by atoms with Crippen LogP contribution in [-0.2, 0) is 4.79 Å². The summed E-state index contributed by atoms with van der Waals surface area (Å²) >= 11 is 1.33. The van der Waals surface area contributed by atoms with Gasteiger partial charge < -0.3 is 14.3 Å². The van der Waals surface area contributed by atoms with Crippen LogP contribution in [0.4, 0.5) is 5.13 Å². The number of carbonyl (C=O) groups is 2. The van der Waals surface area contributed by atoms with Gasteiger partial charge in [0.2, 0.25) is 5.78 Å². The first-order valence-corrected chi connectivity index (χ1v) is 11.7. The predicted octanol–water partition coefficient (Wildman–Crippen LogP) is 5.69. The Kier molecular flexibility index (Phi) is 5.45. The highest BCUT2D eigenvalue weighted by atomic mass is 32.1. The van der Waals surface area contributed by atoms with E-state index in [2.05, 4.69) is 4.98 Å². The molecule has 1 N–H and O–H groups in total. The number of furan rings is 1. The van der Waals surface area contributed by atoms with Crippen molar-refractivity contribution >= 4 is 39.1 Å². The summed E-state index contributed by atoms with van der Waals surface area (Å²) < 4.78 is 11.4. The van der Waals surface area contributed by atoms with E-state index in [1.54, 1.807) is 36.4 Å². The first kappa shape index (κ1) is 21.9. The smallest absolute Gasteiger partial charge is 0.296 e. The molecule has 8 heteroatoms. The van der Waals surface area contributed by atoms with E-state index >= 15 is 0 Å². The molecule has 4 aromatic rings. The number of para-hydroxylation sites is 1. The molecule has 0 fully saturated rings. The van der Waals surface area contributed by atoms with Gasteiger partial charge in [0.05, 0.1) is 23.9 Å². The van der Waals surface area contributed by atoms with Crippen molar-refractivity contribution in [3.05, 3.63) is 87.8 Å². The van der Waals surface area contributed by atoms with Crippen molar-refractivity contribution in [3.8, 4) is 5.75 Å². The SMILES string of the molecule is CCOc1cccc(C2C(C(=O)c3cc4ccccc4o3)=C(O)C(=O)N2c2nc(C)c(C)s2)c1. The molecular weight excluding hydrogens is 452 g/mol. The maximum absolute atomic E-state index is 13.7. The quantitative estimate of drug-likeness (QED) is 0.361. The fraction of sp³-hybridized carbons (Fsp3) is 0.192. The minimum absolute atomic E-state index is 0.0508. The minimum Gasteiger partial charge on any atom is -0.503 e. The van der Waals surface area contributed by atoms with Gasteiger partial charge in [0, 0.05) is 10.3 Å². The summed E-state index contributed by atoms with van der Waals surface area (Å²) in [6.45, 7) is 6.11. The minimum atomic E-state index is -0.890. The second-order valence-corrected chi connectivity index (χ2v) is 9.14. The summed E-state index contributed by atoms with van der Waals surface area (Å²) in [6, 6.07) is 15.1. The summed E-state index contributed by atoms with van der Waals surface area (Å²) in [5.41, 5.74) is 1.90. The number of amides is 1. The lowest BCUT2D eigenvalue weighted by Crippen LogP contribution is -2.31. The lowest BCUT2D eigenvalue weighted by molar-refractivity contribution is -0.117. The number of benzene rings is 2. The third-order valence-electron chi connectivity index (χ3n) is 5.81. The zero-order valence-electron chi connectivity index (χ0n) is 18.9. The average Bonchev–Trinajstić information content (AvgIpc) is 3.48. The molecule has 0 aliphatic carbocycles. The lowest BCUT2D eigenvalue weighted by Gasteiger charge is -2.24. The van der Waals surface area contributed by atoms with Crippen molar-refractivity contribution < 1.29 is 23.8 Å². The van der Waals surface area contributed by atoms with Crippen LogP contribution in [0.3, 0.4) is 0 Å². The van der Waals surface area contributed by atoms with Crippen LogP contribution in [0.2, 0.25) is 0 Å². The first-order valence-electron chi connectivity index (χ1n) is 10.9. The van der Waals surface area contributed by atoms with Crippen molar-refractivity contribution in [1.82, 2.24) is 4.98 Å². The summed E-state index contributed by atoms with van der Waals surface area (Å²) in [5, 5.41) is 12.1. The van der Waals surface area contributed by atoms with Gasteiger partial charge in [-0.2, -0.15) is 0 Å². The first-order chi connectivity index (χ1) is 16.4. The second kappa shape index (κ2) is 8.46. The molecule has 1 aliphatic rings. The number of Topliss-reactive ketones (excluding diaryl/α,β-unsaturated/α-hetero) is 1. The van der Waals surface area contributed by atoms with Crippen molar-refractivity contribution in [2.75, 3.05) is 11.5 Å². The Bertz CT molecular complexity index is 1410. The molecular formula is C26H22N2O5S. The Labute approximate surface area is 199 Å². The van der Waals surface area contributed by atoms with Crippen LogP contribution in [0.15, 0.2) is 70.3 Å². The molecule has 0 saturated carbocycles. The lowest BCUT2D eigenvalue weighted by atomic mass is 9.95. The molecule has 172 valence electrons. The molecule has 1 amide bonds. The molecule has 0 saturated heterocycles. The molecule has 34 heavy (non-hydrogen) atoms. The normalized spacial score (nSPS) is 16.0. The number of aliphatic hydroxyl groups is 1. The van der Waals surface area contributed by atoms with Crippen molar-refractivity contribution in [2.45, 2.75) is 26.8 Å². The zero-order valence-corrected chi connectivity index (χ0v) is 19.7. The predicted molar refractivity (Wildman–Crippen MR) is 130 cm³/mol. The van der Waals surface area contributed by atoms with E-state index in [9.17, 15) is 14.7 Å². The number of ether oxygens (including phenoxy) is 1. The van der Waals surface area contributed by atoms with E-state index in [1.165, 1.54) is 16.2 Å². The molecule has 2 aromatic heterocycles. The highest BCUT2D eigenvalue weighted by molar-refractivity contribution is 7.15. The number of ketones is 1. The van der Waals surface area contributed by atoms with Gasteiger partial charge >= 0.3 is 0 Å². The maximum atomic E-state index is 13.7. The average molecular weight is 475 g/mol. The largest absolute Gasteiger partial charge is 0.503 e. The third kappa shape index (κ3) is 3.56. The number of nitrogens with zero attached hydrogens (tertiary/aromatic N) is 2. The van der Waals surface area contributed by atoms with Crippen LogP contribution in [0.25, 0.3) is 11.0 Å². The van der Waals surface area contributed by atoms with E-state index < -0.39 is 23.5 Å². The molecule has 0 radical (unpaired) electrons. The van der Waals surface area contributed by atoms with Gasteiger partial charge in [-0.25, -0.2) is 4.98 Å². The molecule has 1 atom stereocenters. The van der Waals surface area contributed by atoms with E-state index in [1.807, 2.05) is 39.0 Å². The van der Waals surface area contributed by atoms with Crippen molar-refractivity contribution in [1.29, 1.82) is 0 Å². The number of aryl methyl sites for hydroxylation is 2. The van der Waals surface area contributed by atoms with Gasteiger partial charge in [0.25, 0.3) is 5.91 Å². The molecule has 0 bridgehead atoms. The summed E-state index contributed by atoms with van der Waals surface area (Å²) in [6.07, 6.45) is 0. The number of hydrogen-bond donors (Lipinski definition) is 1. The zero-order chi connectivity index (χ0) is 24.0. The van der Waals surface area contributed by atoms with E-state index in [0.717, 1.165) is 16.0 Å². The van der Waals surface area contributed by atoms with E-state index in [0.29, 0.717) is 28.6 Å². The number of aromatic nitrogens is 1. The van der Waals surface area contributed by atoms with Crippen LogP contribution in [0, 0.1) is 13.8 Å². The Morgan fingerprint density at radius 2 is 1.97 bits per heavy atom. The fourth-order valence-electron chi connectivity index (χ4n) is 4.08. The Hall–Kier alpha value is -3.91. The van der Waals surface area contributed by atoms with Gasteiger partial charge in [0.15, 0.2) is 16.7 Å². The van der Waals surface area contributed by atoms with Crippen LogP contribution in [0.5, 0.6) is 5.75 Å². The van der Waals surface area contributed by atoms with Gasteiger partial charge in [0.1, 0.15) is 11.3 Å². The number of anilines is 1. The number of thiazole rings is 1. The van der Waals surface area contributed by atoms with Crippen LogP contribution >= 0.6 is 11.3 Å². The summed E-state index contributed by atoms with van der Waals surface area (Å²) in [7, 11) is 0. The Morgan fingerprint density at radius 3 is 2.68 bits per heavy atom. The third-order valence-corrected chi connectivity index (χ3v) is 6.88. The number of fused-ring (bicyclic) bond motifs is 1. The summed E-state index contributed by atoms with van der Waals surface area (Å²) in [5.74, 6) is -1.19. The van der Waals surface area contributed by atoms with Gasteiger partial charge in [-0.1, -0.05) is 30.3 Å². The Balaban J connectivity index is 1.67.